The first-order valence-electron chi connectivity index (χ1n) is 8.44. The van der Waals surface area contributed by atoms with Crippen molar-refractivity contribution in [1.82, 2.24) is 14.6 Å². The fourth-order valence-corrected chi connectivity index (χ4v) is 5.35. The maximum atomic E-state index is 12.1. The van der Waals surface area contributed by atoms with Crippen LogP contribution in [-0.2, 0) is 16.4 Å². The molecule has 1 N–H and O–H groups in total. The smallest absolute Gasteiger partial charge is 0.211 e. The highest BCUT2D eigenvalue weighted by Gasteiger charge is 2.21. The molecular weight excluding hydrogens is 330 g/mol. The van der Waals surface area contributed by atoms with Gasteiger partial charge in [-0.05, 0) is 44.6 Å². The molecule has 0 spiro atoms. The molecule has 1 aliphatic heterocycles. The van der Waals surface area contributed by atoms with Crippen molar-refractivity contribution < 1.29 is 8.42 Å². The van der Waals surface area contributed by atoms with E-state index in [0.717, 1.165) is 48.5 Å². The lowest BCUT2D eigenvalue weighted by Crippen LogP contribution is -2.40. The molecule has 0 bridgehead atoms. The van der Waals surface area contributed by atoms with E-state index in [1.54, 1.807) is 5.51 Å². The van der Waals surface area contributed by atoms with E-state index < -0.39 is 10.0 Å². The molecule has 1 saturated heterocycles. The molecule has 0 unspecified atom stereocenters. The lowest BCUT2D eigenvalue weighted by Gasteiger charge is -2.34. The topological polar surface area (TPSA) is 62.3 Å². The molecule has 0 amide bonds. The third-order valence-corrected chi connectivity index (χ3v) is 6.74. The van der Waals surface area contributed by atoms with Crippen LogP contribution in [0.1, 0.15) is 37.3 Å². The Kier molecular flexibility index (Phi) is 7.00. The summed E-state index contributed by atoms with van der Waals surface area (Å²) >= 11 is 1.53. The number of hydrogen-bond donors (Lipinski definition) is 1. The van der Waals surface area contributed by atoms with Crippen LogP contribution in [0, 0.1) is 18.8 Å². The Bertz CT molecular complexity index is 576. The highest BCUT2D eigenvalue weighted by Crippen LogP contribution is 2.20. The first kappa shape index (κ1) is 18.8. The zero-order valence-electron chi connectivity index (χ0n) is 14.4. The average Bonchev–Trinajstić information content (AvgIpc) is 2.86. The van der Waals surface area contributed by atoms with Crippen molar-refractivity contribution in [2.45, 2.75) is 40.0 Å². The fraction of sp³-hybridized carbons (Fsp3) is 0.812. The molecular formula is C16H29N3O2S2. The summed E-state index contributed by atoms with van der Waals surface area (Å²) in [5.41, 5.74) is 2.71. The molecule has 23 heavy (non-hydrogen) atoms. The standard InChI is InChI=1S/C16H29N3O2S2/c1-13-9-14(2)11-19(10-13)7-4-6-18-23(20,21)8-5-16-15(3)17-12-22-16/h12-14,18H,4-11H2,1-3H3/t13-,14-/m0/s1. The molecule has 5 nitrogen and oxygen atoms in total. The van der Waals surface area contributed by atoms with Gasteiger partial charge in [-0.2, -0.15) is 0 Å². The van der Waals surface area contributed by atoms with Gasteiger partial charge in [0.15, 0.2) is 0 Å². The molecule has 0 aromatic carbocycles. The van der Waals surface area contributed by atoms with Gasteiger partial charge in [-0.3, -0.25) is 0 Å². The van der Waals surface area contributed by atoms with Crippen molar-refractivity contribution in [3.8, 4) is 0 Å². The zero-order valence-corrected chi connectivity index (χ0v) is 16.0. The Morgan fingerprint density at radius 2 is 2.04 bits per heavy atom. The molecule has 2 heterocycles. The first-order chi connectivity index (χ1) is 10.9. The van der Waals surface area contributed by atoms with Gasteiger partial charge in [0.25, 0.3) is 0 Å². The number of hydrogen-bond acceptors (Lipinski definition) is 5. The van der Waals surface area contributed by atoms with E-state index >= 15 is 0 Å². The number of aryl methyl sites for hydroxylation is 2. The van der Waals surface area contributed by atoms with Crippen molar-refractivity contribution in [3.05, 3.63) is 16.1 Å². The average molecular weight is 360 g/mol. The van der Waals surface area contributed by atoms with Gasteiger partial charge in [-0.25, -0.2) is 18.1 Å². The number of nitrogens with zero attached hydrogens (tertiary/aromatic N) is 2. The second kappa shape index (κ2) is 8.55. The fourth-order valence-electron chi connectivity index (χ4n) is 3.37. The van der Waals surface area contributed by atoms with Crippen molar-refractivity contribution in [2.24, 2.45) is 11.8 Å². The van der Waals surface area contributed by atoms with Crippen molar-refractivity contribution in [3.63, 3.8) is 0 Å². The SMILES string of the molecule is Cc1ncsc1CCS(=O)(=O)NCCCN1C[C@@H](C)C[C@H](C)C1. The van der Waals surface area contributed by atoms with Gasteiger partial charge < -0.3 is 4.90 Å². The second-order valence-corrected chi connectivity index (χ2v) is 9.75. The molecule has 132 valence electrons. The molecule has 1 aromatic rings. The van der Waals surface area contributed by atoms with Gasteiger partial charge >= 0.3 is 0 Å². The summed E-state index contributed by atoms with van der Waals surface area (Å²) < 4.78 is 26.8. The number of aromatic nitrogens is 1. The summed E-state index contributed by atoms with van der Waals surface area (Å²) in [5, 5.41) is 0. The highest BCUT2D eigenvalue weighted by molar-refractivity contribution is 7.89. The largest absolute Gasteiger partial charge is 0.303 e. The van der Waals surface area contributed by atoms with Crippen molar-refractivity contribution >= 4 is 21.4 Å². The number of piperidine rings is 1. The lowest BCUT2D eigenvalue weighted by atomic mass is 9.92. The second-order valence-electron chi connectivity index (χ2n) is 6.88. The van der Waals surface area contributed by atoms with E-state index in [-0.39, 0.29) is 5.75 Å². The Morgan fingerprint density at radius 1 is 1.35 bits per heavy atom. The Morgan fingerprint density at radius 3 is 2.65 bits per heavy atom. The maximum Gasteiger partial charge on any atom is 0.211 e. The summed E-state index contributed by atoms with van der Waals surface area (Å²) in [5.74, 6) is 1.64. The Hall–Kier alpha value is -0.500. The molecule has 7 heteroatoms. The van der Waals surface area contributed by atoms with E-state index in [0.29, 0.717) is 13.0 Å². The van der Waals surface area contributed by atoms with Gasteiger partial charge in [-0.1, -0.05) is 13.8 Å². The lowest BCUT2D eigenvalue weighted by molar-refractivity contribution is 0.140. The first-order valence-corrected chi connectivity index (χ1v) is 11.0. The van der Waals surface area contributed by atoms with E-state index in [1.807, 2.05) is 6.92 Å². The van der Waals surface area contributed by atoms with Gasteiger partial charge in [0.05, 0.1) is 17.0 Å². The van der Waals surface area contributed by atoms with Crippen LogP contribution in [0.15, 0.2) is 5.51 Å². The van der Waals surface area contributed by atoms with Crippen LogP contribution < -0.4 is 4.72 Å². The monoisotopic (exact) mass is 359 g/mol. The normalized spacial score (nSPS) is 23.3. The predicted molar refractivity (Wildman–Crippen MR) is 96.3 cm³/mol. The van der Waals surface area contributed by atoms with Crippen LogP contribution in [0.4, 0.5) is 0 Å². The molecule has 1 fully saturated rings. The third kappa shape index (κ3) is 6.49. The summed E-state index contributed by atoms with van der Waals surface area (Å²) in [4.78, 5) is 7.68. The summed E-state index contributed by atoms with van der Waals surface area (Å²) in [7, 11) is -3.19. The van der Waals surface area contributed by atoms with Gasteiger partial charge in [0.2, 0.25) is 10.0 Å². The van der Waals surface area contributed by atoms with E-state index in [4.69, 9.17) is 0 Å². The van der Waals surface area contributed by atoms with Crippen LogP contribution in [0.25, 0.3) is 0 Å². The summed E-state index contributed by atoms with van der Waals surface area (Å²) in [6.45, 7) is 10.3. The van der Waals surface area contributed by atoms with E-state index in [1.165, 1.54) is 17.8 Å². The molecule has 0 aliphatic carbocycles. The zero-order chi connectivity index (χ0) is 16.9. The number of sulfonamides is 1. The molecule has 0 saturated carbocycles. The van der Waals surface area contributed by atoms with Crippen LogP contribution >= 0.6 is 11.3 Å². The minimum Gasteiger partial charge on any atom is -0.303 e. The number of nitrogens with one attached hydrogen (secondary N) is 1. The van der Waals surface area contributed by atoms with Crippen LogP contribution in [0.3, 0.4) is 0 Å². The van der Waals surface area contributed by atoms with Gasteiger partial charge in [0.1, 0.15) is 0 Å². The van der Waals surface area contributed by atoms with Gasteiger partial charge in [0, 0.05) is 24.5 Å². The van der Waals surface area contributed by atoms with Gasteiger partial charge in [-0.15, -0.1) is 11.3 Å². The van der Waals surface area contributed by atoms with Crippen molar-refractivity contribution in [1.29, 1.82) is 0 Å². The van der Waals surface area contributed by atoms with E-state index in [9.17, 15) is 8.42 Å². The van der Waals surface area contributed by atoms with Crippen LogP contribution in [0.2, 0.25) is 0 Å². The molecule has 1 aliphatic rings. The molecule has 2 rings (SSSR count). The van der Waals surface area contributed by atoms with Crippen molar-refractivity contribution in [2.75, 3.05) is 31.9 Å². The number of thiazole rings is 1. The molecule has 0 radical (unpaired) electrons. The summed E-state index contributed by atoms with van der Waals surface area (Å²) in [6, 6.07) is 0. The van der Waals surface area contributed by atoms with Crippen LogP contribution in [-0.4, -0.2) is 50.2 Å². The number of rotatable bonds is 8. The summed E-state index contributed by atoms with van der Waals surface area (Å²) in [6.07, 6.45) is 2.73. The quantitative estimate of drug-likeness (QED) is 0.724. The predicted octanol–water partition coefficient (Wildman–Crippen LogP) is 2.28. The number of likely N-dealkylation sites (tertiary alicyclic amines) is 1. The highest BCUT2D eigenvalue weighted by atomic mass is 32.2. The minimum absolute atomic E-state index is 0.147. The molecule has 1 aromatic heterocycles. The maximum absolute atomic E-state index is 12.1. The Balaban J connectivity index is 1.65. The molecule has 2 atom stereocenters. The van der Waals surface area contributed by atoms with Crippen LogP contribution in [0.5, 0.6) is 0 Å². The Labute approximate surface area is 144 Å². The minimum atomic E-state index is -3.19. The third-order valence-electron chi connectivity index (χ3n) is 4.36. The van der Waals surface area contributed by atoms with E-state index in [2.05, 4.69) is 28.5 Å².